The molecule has 2 fully saturated rings. The van der Waals surface area contributed by atoms with Gasteiger partial charge in [0.15, 0.2) is 0 Å². The SMILES string of the molecule is O=C(CN1C(=O)S/C(=C/c2cc(Br)ccc2OCc2ccc3ccccc3c2)C1=O)N1CCN(c2ccccc2)CC1. The molecule has 212 valence electrons. The van der Waals surface area contributed by atoms with E-state index in [0.29, 0.717) is 44.1 Å². The number of para-hydroxylation sites is 1. The van der Waals surface area contributed by atoms with Crippen LogP contribution in [-0.2, 0) is 16.2 Å². The molecule has 42 heavy (non-hydrogen) atoms. The number of piperazine rings is 1. The molecule has 0 spiro atoms. The number of halogens is 1. The van der Waals surface area contributed by atoms with E-state index in [9.17, 15) is 14.4 Å². The molecule has 2 aliphatic heterocycles. The molecule has 9 heteroatoms. The first kappa shape index (κ1) is 28.1. The quantitative estimate of drug-likeness (QED) is 0.213. The number of ether oxygens (including phenoxy) is 1. The zero-order valence-electron chi connectivity index (χ0n) is 22.7. The maximum atomic E-state index is 13.3. The van der Waals surface area contributed by atoms with Crippen LogP contribution in [0.3, 0.4) is 0 Å². The fourth-order valence-electron chi connectivity index (χ4n) is 5.12. The maximum Gasteiger partial charge on any atom is 0.294 e. The van der Waals surface area contributed by atoms with Gasteiger partial charge in [0, 0.05) is 41.9 Å². The summed E-state index contributed by atoms with van der Waals surface area (Å²) in [6.07, 6.45) is 1.66. The van der Waals surface area contributed by atoms with E-state index in [1.807, 2.05) is 54.6 Å². The molecular formula is C33H28BrN3O4S. The van der Waals surface area contributed by atoms with Crippen molar-refractivity contribution in [1.29, 1.82) is 0 Å². The summed E-state index contributed by atoms with van der Waals surface area (Å²) in [4.78, 5) is 44.4. The summed E-state index contributed by atoms with van der Waals surface area (Å²) in [7, 11) is 0. The number of benzene rings is 4. The van der Waals surface area contributed by atoms with Crippen LogP contribution in [-0.4, -0.2) is 59.6 Å². The third-order valence-electron chi connectivity index (χ3n) is 7.39. The Morgan fingerprint density at radius 1 is 0.857 bits per heavy atom. The summed E-state index contributed by atoms with van der Waals surface area (Å²) in [5.41, 5.74) is 2.80. The Bertz CT molecular complexity index is 1690. The number of anilines is 1. The van der Waals surface area contributed by atoms with Crippen LogP contribution >= 0.6 is 27.7 Å². The Labute approximate surface area is 256 Å². The molecular weight excluding hydrogens is 614 g/mol. The summed E-state index contributed by atoms with van der Waals surface area (Å²) in [6.45, 7) is 2.55. The molecule has 3 amide bonds. The molecule has 4 aromatic rings. The van der Waals surface area contributed by atoms with Crippen LogP contribution in [0, 0.1) is 0 Å². The summed E-state index contributed by atoms with van der Waals surface area (Å²) < 4.78 is 6.98. The maximum absolute atomic E-state index is 13.3. The molecule has 0 saturated carbocycles. The van der Waals surface area contributed by atoms with Crippen molar-refractivity contribution in [2.45, 2.75) is 6.61 Å². The van der Waals surface area contributed by atoms with Crippen LogP contribution in [0.4, 0.5) is 10.5 Å². The minimum atomic E-state index is -0.471. The van der Waals surface area contributed by atoms with E-state index in [-0.39, 0.29) is 17.4 Å². The van der Waals surface area contributed by atoms with Crippen LogP contribution in [0.1, 0.15) is 11.1 Å². The number of imide groups is 1. The second-order valence-electron chi connectivity index (χ2n) is 10.1. The number of hydrogen-bond donors (Lipinski definition) is 0. The van der Waals surface area contributed by atoms with E-state index in [0.717, 1.165) is 43.2 Å². The first-order valence-electron chi connectivity index (χ1n) is 13.7. The second kappa shape index (κ2) is 12.4. The summed E-state index contributed by atoms with van der Waals surface area (Å²) in [5, 5.41) is 1.85. The van der Waals surface area contributed by atoms with E-state index < -0.39 is 11.1 Å². The standard InChI is InChI=1S/C33H28BrN3O4S/c34-27-12-13-29(41-22-23-10-11-24-6-4-5-7-25(24)18-23)26(19-27)20-30-32(39)37(33(40)42-30)21-31(38)36-16-14-35(15-17-36)28-8-2-1-3-9-28/h1-13,18-20H,14-17,21-22H2/b30-20+. The lowest BCUT2D eigenvalue weighted by Crippen LogP contribution is -2.51. The molecule has 2 saturated heterocycles. The lowest BCUT2D eigenvalue weighted by molar-refractivity contribution is -0.136. The molecule has 7 nitrogen and oxygen atoms in total. The van der Waals surface area contributed by atoms with Crippen molar-refractivity contribution >= 4 is 67.3 Å². The van der Waals surface area contributed by atoms with Gasteiger partial charge in [0.05, 0.1) is 4.91 Å². The fourth-order valence-corrected chi connectivity index (χ4v) is 6.33. The highest BCUT2D eigenvalue weighted by Gasteiger charge is 2.37. The Kier molecular flexibility index (Phi) is 8.30. The van der Waals surface area contributed by atoms with Crippen LogP contribution < -0.4 is 9.64 Å². The Balaban J connectivity index is 1.11. The molecule has 6 rings (SSSR count). The number of hydrogen-bond acceptors (Lipinski definition) is 6. The average Bonchev–Trinajstić information content (AvgIpc) is 3.28. The van der Waals surface area contributed by atoms with E-state index >= 15 is 0 Å². The molecule has 0 bridgehead atoms. The molecule has 2 aliphatic rings. The Hall–Kier alpha value is -4.08. The highest BCUT2D eigenvalue weighted by atomic mass is 79.9. The van der Waals surface area contributed by atoms with E-state index in [1.165, 1.54) is 0 Å². The third kappa shape index (κ3) is 6.22. The molecule has 2 heterocycles. The summed E-state index contributed by atoms with van der Waals surface area (Å²) in [6, 6.07) is 30.0. The number of nitrogens with zero attached hydrogens (tertiary/aromatic N) is 3. The second-order valence-corrected chi connectivity index (χ2v) is 12.0. The van der Waals surface area contributed by atoms with Gasteiger partial charge in [-0.05, 0) is 70.6 Å². The third-order valence-corrected chi connectivity index (χ3v) is 8.79. The molecule has 0 unspecified atom stereocenters. The van der Waals surface area contributed by atoms with Crippen molar-refractivity contribution in [3.8, 4) is 5.75 Å². The van der Waals surface area contributed by atoms with Gasteiger partial charge in [0.2, 0.25) is 5.91 Å². The Morgan fingerprint density at radius 2 is 1.60 bits per heavy atom. The predicted molar refractivity (Wildman–Crippen MR) is 170 cm³/mol. The van der Waals surface area contributed by atoms with Gasteiger partial charge in [0.25, 0.3) is 11.1 Å². The van der Waals surface area contributed by atoms with Gasteiger partial charge in [-0.15, -0.1) is 0 Å². The van der Waals surface area contributed by atoms with Crippen molar-refractivity contribution in [3.63, 3.8) is 0 Å². The smallest absolute Gasteiger partial charge is 0.294 e. The number of thioether (sulfide) groups is 1. The monoisotopic (exact) mass is 641 g/mol. The van der Waals surface area contributed by atoms with Crippen molar-refractivity contribution in [3.05, 3.63) is 112 Å². The first-order valence-corrected chi connectivity index (χ1v) is 15.3. The molecule has 0 radical (unpaired) electrons. The van der Waals surface area contributed by atoms with Gasteiger partial charge in [-0.1, -0.05) is 70.5 Å². The van der Waals surface area contributed by atoms with Crippen LogP contribution in [0.15, 0.2) is 100 Å². The van der Waals surface area contributed by atoms with E-state index in [4.69, 9.17) is 4.74 Å². The van der Waals surface area contributed by atoms with E-state index in [2.05, 4.69) is 57.2 Å². The molecule has 0 aromatic heterocycles. The van der Waals surface area contributed by atoms with E-state index in [1.54, 1.807) is 11.0 Å². The summed E-state index contributed by atoms with van der Waals surface area (Å²) in [5.74, 6) is -0.111. The summed E-state index contributed by atoms with van der Waals surface area (Å²) >= 11 is 4.34. The number of fused-ring (bicyclic) bond motifs is 1. The molecule has 0 N–H and O–H groups in total. The van der Waals surface area contributed by atoms with Crippen LogP contribution in [0.5, 0.6) is 5.75 Å². The average molecular weight is 643 g/mol. The molecule has 0 atom stereocenters. The fraction of sp³-hybridized carbons (Fsp3) is 0.182. The number of carbonyl (C=O) groups excluding carboxylic acids is 3. The zero-order valence-corrected chi connectivity index (χ0v) is 25.1. The van der Waals surface area contributed by atoms with Gasteiger partial charge in [0.1, 0.15) is 18.9 Å². The van der Waals surface area contributed by atoms with Gasteiger partial charge in [-0.3, -0.25) is 19.3 Å². The Morgan fingerprint density at radius 3 is 2.38 bits per heavy atom. The van der Waals surface area contributed by atoms with Crippen LogP contribution in [0.25, 0.3) is 16.8 Å². The molecule has 4 aromatic carbocycles. The first-order chi connectivity index (χ1) is 20.4. The van der Waals surface area contributed by atoms with Gasteiger partial charge in [-0.2, -0.15) is 0 Å². The molecule has 0 aliphatic carbocycles. The van der Waals surface area contributed by atoms with Gasteiger partial charge >= 0.3 is 0 Å². The van der Waals surface area contributed by atoms with Gasteiger partial charge in [-0.25, -0.2) is 0 Å². The highest BCUT2D eigenvalue weighted by Crippen LogP contribution is 2.35. The zero-order chi connectivity index (χ0) is 29.1. The number of rotatable bonds is 7. The predicted octanol–water partition coefficient (Wildman–Crippen LogP) is 6.57. The van der Waals surface area contributed by atoms with Crippen molar-refractivity contribution in [2.75, 3.05) is 37.6 Å². The number of carbonyl (C=O) groups is 3. The normalized spacial score (nSPS) is 16.5. The minimum absolute atomic E-state index is 0.229. The largest absolute Gasteiger partial charge is 0.488 e. The topological polar surface area (TPSA) is 70.2 Å². The lowest BCUT2D eigenvalue weighted by Gasteiger charge is -2.36. The van der Waals surface area contributed by atoms with Crippen molar-refractivity contribution < 1.29 is 19.1 Å². The highest BCUT2D eigenvalue weighted by molar-refractivity contribution is 9.10. The lowest BCUT2D eigenvalue weighted by atomic mass is 10.1. The van der Waals surface area contributed by atoms with Gasteiger partial charge < -0.3 is 14.5 Å². The number of amides is 3. The van der Waals surface area contributed by atoms with Crippen molar-refractivity contribution in [1.82, 2.24) is 9.80 Å². The van der Waals surface area contributed by atoms with Crippen LogP contribution in [0.2, 0.25) is 0 Å². The minimum Gasteiger partial charge on any atom is -0.488 e. The van der Waals surface area contributed by atoms with Crippen molar-refractivity contribution in [2.24, 2.45) is 0 Å².